The second-order valence-electron chi connectivity index (χ2n) is 3.20. The topological polar surface area (TPSA) is 92.8 Å². The SMILES string of the molecule is NCCc1ccc(OP(=O)(O)O)c(CF)c1. The summed E-state index contributed by atoms with van der Waals surface area (Å²) < 4.78 is 27.6. The van der Waals surface area contributed by atoms with Crippen LogP contribution in [0.4, 0.5) is 4.39 Å². The van der Waals surface area contributed by atoms with Crippen LogP contribution in [0.25, 0.3) is 0 Å². The van der Waals surface area contributed by atoms with Crippen molar-refractivity contribution in [3.63, 3.8) is 0 Å². The lowest BCUT2D eigenvalue weighted by Crippen LogP contribution is -2.03. The summed E-state index contributed by atoms with van der Waals surface area (Å²) in [5, 5.41) is 0. The van der Waals surface area contributed by atoms with Gasteiger partial charge in [0.2, 0.25) is 0 Å². The van der Waals surface area contributed by atoms with Crippen molar-refractivity contribution in [3.05, 3.63) is 29.3 Å². The van der Waals surface area contributed by atoms with Crippen LogP contribution in [0, 0.1) is 0 Å². The smallest absolute Gasteiger partial charge is 0.404 e. The molecule has 0 fully saturated rings. The number of halogens is 1. The van der Waals surface area contributed by atoms with Gasteiger partial charge in [-0.05, 0) is 30.7 Å². The van der Waals surface area contributed by atoms with Crippen molar-refractivity contribution >= 4 is 7.82 Å². The van der Waals surface area contributed by atoms with E-state index in [0.29, 0.717) is 13.0 Å². The molecule has 0 radical (unpaired) electrons. The first-order valence-corrected chi connectivity index (χ1v) is 6.12. The Morgan fingerprint density at radius 3 is 2.62 bits per heavy atom. The molecule has 0 unspecified atom stereocenters. The van der Waals surface area contributed by atoms with Gasteiger partial charge in [-0.1, -0.05) is 6.07 Å². The van der Waals surface area contributed by atoms with Crippen LogP contribution in [-0.4, -0.2) is 16.3 Å². The van der Waals surface area contributed by atoms with E-state index in [0.717, 1.165) is 5.56 Å². The quantitative estimate of drug-likeness (QED) is 0.680. The Kier molecular flexibility index (Phi) is 4.44. The molecule has 0 aromatic heterocycles. The minimum Gasteiger partial charge on any atom is -0.404 e. The summed E-state index contributed by atoms with van der Waals surface area (Å²) >= 11 is 0. The molecule has 0 aliphatic carbocycles. The molecular weight excluding hydrogens is 236 g/mol. The Bertz CT molecular complexity index is 406. The molecule has 0 bridgehead atoms. The Labute approximate surface area is 92.3 Å². The van der Waals surface area contributed by atoms with Gasteiger partial charge in [-0.15, -0.1) is 0 Å². The maximum Gasteiger partial charge on any atom is 0.524 e. The zero-order chi connectivity index (χ0) is 12.2. The lowest BCUT2D eigenvalue weighted by molar-refractivity contribution is 0.281. The second kappa shape index (κ2) is 5.41. The van der Waals surface area contributed by atoms with Gasteiger partial charge >= 0.3 is 7.82 Å². The molecule has 0 atom stereocenters. The fourth-order valence-electron chi connectivity index (χ4n) is 1.28. The highest BCUT2D eigenvalue weighted by molar-refractivity contribution is 7.46. The standard InChI is InChI=1S/C9H13FNO4P/c10-6-8-5-7(3-4-11)1-2-9(8)15-16(12,13)14/h1-2,5H,3-4,6,11H2,(H2,12,13,14). The maximum atomic E-state index is 12.6. The first kappa shape index (κ1) is 13.1. The first-order chi connectivity index (χ1) is 7.46. The lowest BCUT2D eigenvalue weighted by Gasteiger charge is -2.11. The third kappa shape index (κ3) is 3.90. The average Bonchev–Trinajstić information content (AvgIpc) is 2.18. The van der Waals surface area contributed by atoms with Gasteiger partial charge < -0.3 is 10.3 Å². The molecule has 0 aliphatic rings. The van der Waals surface area contributed by atoms with E-state index in [2.05, 4.69) is 4.52 Å². The van der Waals surface area contributed by atoms with E-state index in [9.17, 15) is 8.96 Å². The highest BCUT2D eigenvalue weighted by Gasteiger charge is 2.18. The molecule has 0 saturated heterocycles. The van der Waals surface area contributed by atoms with Crippen molar-refractivity contribution < 1.29 is 23.3 Å². The van der Waals surface area contributed by atoms with Crippen LogP contribution in [-0.2, 0) is 17.7 Å². The summed E-state index contributed by atoms with van der Waals surface area (Å²) in [6.45, 7) is -0.432. The van der Waals surface area contributed by atoms with Gasteiger partial charge in [0.25, 0.3) is 0 Å². The number of phosphoric ester groups is 1. The predicted molar refractivity (Wildman–Crippen MR) is 56.7 cm³/mol. The minimum atomic E-state index is -4.65. The van der Waals surface area contributed by atoms with E-state index in [1.165, 1.54) is 12.1 Å². The van der Waals surface area contributed by atoms with Gasteiger partial charge in [0.05, 0.1) is 0 Å². The van der Waals surface area contributed by atoms with Gasteiger partial charge in [0, 0.05) is 5.56 Å². The fraction of sp³-hybridized carbons (Fsp3) is 0.333. The highest BCUT2D eigenvalue weighted by atomic mass is 31.2. The third-order valence-corrected chi connectivity index (χ3v) is 2.35. The summed E-state index contributed by atoms with van der Waals surface area (Å²) in [4.78, 5) is 17.2. The van der Waals surface area contributed by atoms with Crippen molar-refractivity contribution in [1.29, 1.82) is 0 Å². The zero-order valence-electron chi connectivity index (χ0n) is 8.47. The number of hydrogen-bond acceptors (Lipinski definition) is 3. The van der Waals surface area contributed by atoms with Gasteiger partial charge in [-0.3, -0.25) is 9.79 Å². The van der Waals surface area contributed by atoms with Crippen LogP contribution in [0.3, 0.4) is 0 Å². The van der Waals surface area contributed by atoms with Crippen LogP contribution in [0.15, 0.2) is 18.2 Å². The largest absolute Gasteiger partial charge is 0.524 e. The molecule has 1 rings (SSSR count). The van der Waals surface area contributed by atoms with Gasteiger partial charge in [0.15, 0.2) is 0 Å². The number of rotatable bonds is 5. The Balaban J connectivity index is 2.97. The highest BCUT2D eigenvalue weighted by Crippen LogP contribution is 2.39. The molecule has 7 heteroatoms. The van der Waals surface area contributed by atoms with Gasteiger partial charge in [-0.25, -0.2) is 8.96 Å². The molecule has 1 aromatic rings. The lowest BCUT2D eigenvalue weighted by atomic mass is 10.1. The fourth-order valence-corrected chi connectivity index (χ4v) is 1.71. The number of hydrogen-bond donors (Lipinski definition) is 3. The number of nitrogens with two attached hydrogens (primary N) is 1. The van der Waals surface area contributed by atoms with Crippen molar-refractivity contribution in [2.24, 2.45) is 5.73 Å². The number of benzene rings is 1. The van der Waals surface area contributed by atoms with Crippen LogP contribution >= 0.6 is 7.82 Å². The van der Waals surface area contributed by atoms with E-state index in [1.54, 1.807) is 6.07 Å². The Morgan fingerprint density at radius 1 is 1.44 bits per heavy atom. The molecule has 1 aromatic carbocycles. The van der Waals surface area contributed by atoms with E-state index in [-0.39, 0.29) is 11.3 Å². The molecule has 4 N–H and O–H groups in total. The van der Waals surface area contributed by atoms with Crippen molar-refractivity contribution in [3.8, 4) is 5.75 Å². The minimum absolute atomic E-state index is 0.106. The molecule has 0 heterocycles. The summed E-state index contributed by atoms with van der Waals surface area (Å²) in [5.41, 5.74) is 6.25. The molecule has 0 aliphatic heterocycles. The Morgan fingerprint density at radius 2 is 2.12 bits per heavy atom. The van der Waals surface area contributed by atoms with Gasteiger partial charge in [-0.2, -0.15) is 0 Å². The van der Waals surface area contributed by atoms with Crippen molar-refractivity contribution in [1.82, 2.24) is 0 Å². The summed E-state index contributed by atoms with van der Waals surface area (Å²) in [7, 11) is -4.65. The molecule has 5 nitrogen and oxygen atoms in total. The first-order valence-electron chi connectivity index (χ1n) is 4.59. The van der Waals surface area contributed by atoms with Gasteiger partial charge in [0.1, 0.15) is 12.4 Å². The molecule has 0 amide bonds. The monoisotopic (exact) mass is 249 g/mol. The molecule has 16 heavy (non-hydrogen) atoms. The molecule has 0 spiro atoms. The van der Waals surface area contributed by atoms with E-state index in [4.69, 9.17) is 15.5 Å². The number of phosphoric acid groups is 1. The van der Waals surface area contributed by atoms with E-state index in [1.807, 2.05) is 0 Å². The average molecular weight is 249 g/mol. The van der Waals surface area contributed by atoms with E-state index < -0.39 is 14.5 Å². The summed E-state index contributed by atoms with van der Waals surface area (Å²) in [6, 6.07) is 4.41. The maximum absolute atomic E-state index is 12.6. The van der Waals surface area contributed by atoms with E-state index >= 15 is 0 Å². The predicted octanol–water partition coefficient (Wildman–Crippen LogP) is 1.13. The van der Waals surface area contributed by atoms with Crippen molar-refractivity contribution in [2.75, 3.05) is 6.54 Å². The van der Waals surface area contributed by atoms with Crippen LogP contribution < -0.4 is 10.3 Å². The molecule has 0 saturated carbocycles. The van der Waals surface area contributed by atoms with Crippen LogP contribution in [0.1, 0.15) is 11.1 Å². The van der Waals surface area contributed by atoms with Crippen LogP contribution in [0.2, 0.25) is 0 Å². The zero-order valence-corrected chi connectivity index (χ0v) is 9.36. The molecule has 90 valence electrons. The van der Waals surface area contributed by atoms with Crippen molar-refractivity contribution in [2.45, 2.75) is 13.1 Å². The van der Waals surface area contributed by atoms with Crippen LogP contribution in [0.5, 0.6) is 5.75 Å². The Hall–Kier alpha value is -0.940. The summed E-state index contributed by atoms with van der Waals surface area (Å²) in [5.74, 6) is -0.142. The second-order valence-corrected chi connectivity index (χ2v) is 4.36. The third-order valence-electron chi connectivity index (χ3n) is 1.92. The summed E-state index contributed by atoms with van der Waals surface area (Å²) in [6.07, 6.45) is 0.573. The molecular formula is C9H13FNO4P. The number of alkyl halides is 1. The normalized spacial score (nSPS) is 11.5.